The second kappa shape index (κ2) is 5.10. The molecule has 0 aliphatic carbocycles. The Morgan fingerprint density at radius 2 is 1.88 bits per heavy atom. The SMILES string of the molecule is C=C(c1cccc2ccccc12)[C@H](CO)OO. The maximum Gasteiger partial charge on any atom is 0.141 e. The van der Waals surface area contributed by atoms with Crippen LogP contribution in [-0.2, 0) is 4.89 Å². The summed E-state index contributed by atoms with van der Waals surface area (Å²) >= 11 is 0. The van der Waals surface area contributed by atoms with Gasteiger partial charge in [-0.3, -0.25) is 5.26 Å². The van der Waals surface area contributed by atoms with Crippen LogP contribution in [0.2, 0.25) is 0 Å². The second-order valence-electron chi connectivity index (χ2n) is 3.83. The molecule has 0 aromatic heterocycles. The lowest BCUT2D eigenvalue weighted by Crippen LogP contribution is -2.17. The molecule has 2 rings (SSSR count). The summed E-state index contributed by atoms with van der Waals surface area (Å²) in [5.41, 5.74) is 1.43. The molecule has 2 N–H and O–H groups in total. The first-order valence-corrected chi connectivity index (χ1v) is 5.36. The topological polar surface area (TPSA) is 49.7 Å². The Bertz CT molecular complexity index is 524. The zero-order chi connectivity index (χ0) is 12.3. The van der Waals surface area contributed by atoms with Gasteiger partial charge in [-0.15, -0.1) is 0 Å². The molecule has 1 atom stereocenters. The monoisotopic (exact) mass is 230 g/mol. The van der Waals surface area contributed by atoms with Gasteiger partial charge < -0.3 is 5.11 Å². The van der Waals surface area contributed by atoms with Crippen molar-refractivity contribution in [3.8, 4) is 0 Å². The van der Waals surface area contributed by atoms with Gasteiger partial charge in [0.05, 0.1) is 6.61 Å². The minimum atomic E-state index is -0.791. The average Bonchev–Trinajstić information content (AvgIpc) is 2.39. The van der Waals surface area contributed by atoms with E-state index in [9.17, 15) is 0 Å². The number of hydrogen-bond acceptors (Lipinski definition) is 3. The summed E-state index contributed by atoms with van der Waals surface area (Å²) < 4.78 is 0. The van der Waals surface area contributed by atoms with E-state index >= 15 is 0 Å². The third-order valence-corrected chi connectivity index (χ3v) is 2.82. The van der Waals surface area contributed by atoms with E-state index in [-0.39, 0.29) is 6.61 Å². The van der Waals surface area contributed by atoms with Crippen LogP contribution in [-0.4, -0.2) is 23.1 Å². The van der Waals surface area contributed by atoms with Crippen LogP contribution in [0, 0.1) is 0 Å². The predicted octanol–water partition coefficient (Wildman–Crippen LogP) is 2.70. The maximum atomic E-state index is 9.08. The quantitative estimate of drug-likeness (QED) is 0.627. The highest BCUT2D eigenvalue weighted by Crippen LogP contribution is 2.26. The zero-order valence-electron chi connectivity index (χ0n) is 9.34. The molecule has 0 spiro atoms. The summed E-state index contributed by atoms with van der Waals surface area (Å²) in [4.78, 5) is 4.22. The standard InChI is InChI=1S/C14H14O3/c1-10(14(9-15)17-16)12-8-4-6-11-5-2-3-7-13(11)12/h2-8,14-16H,1,9H2/t14-/m0/s1. The third-order valence-electron chi connectivity index (χ3n) is 2.82. The molecule has 0 amide bonds. The summed E-state index contributed by atoms with van der Waals surface area (Å²) in [6, 6.07) is 13.7. The van der Waals surface area contributed by atoms with Gasteiger partial charge >= 0.3 is 0 Å². The Morgan fingerprint density at radius 1 is 1.18 bits per heavy atom. The number of benzene rings is 2. The van der Waals surface area contributed by atoms with Crippen molar-refractivity contribution in [2.45, 2.75) is 6.10 Å². The number of fused-ring (bicyclic) bond motifs is 1. The second-order valence-corrected chi connectivity index (χ2v) is 3.83. The minimum Gasteiger partial charge on any atom is -0.393 e. The van der Waals surface area contributed by atoms with Crippen LogP contribution in [0.15, 0.2) is 49.0 Å². The highest BCUT2D eigenvalue weighted by atomic mass is 17.1. The van der Waals surface area contributed by atoms with Gasteiger partial charge in [-0.05, 0) is 21.9 Å². The molecular weight excluding hydrogens is 216 g/mol. The van der Waals surface area contributed by atoms with Crippen LogP contribution in [0.4, 0.5) is 0 Å². The molecule has 3 heteroatoms. The first-order valence-electron chi connectivity index (χ1n) is 5.36. The molecule has 2 aromatic carbocycles. The van der Waals surface area contributed by atoms with Crippen molar-refractivity contribution in [1.29, 1.82) is 0 Å². The summed E-state index contributed by atoms with van der Waals surface area (Å²) in [7, 11) is 0. The zero-order valence-corrected chi connectivity index (χ0v) is 9.34. The third kappa shape index (κ3) is 2.22. The van der Waals surface area contributed by atoms with Crippen molar-refractivity contribution >= 4 is 16.3 Å². The minimum absolute atomic E-state index is 0.307. The Hall–Kier alpha value is -1.68. The molecule has 88 valence electrons. The lowest BCUT2D eigenvalue weighted by molar-refractivity contribution is -0.268. The van der Waals surface area contributed by atoms with E-state index in [0.29, 0.717) is 5.57 Å². The number of aliphatic hydroxyl groups is 1. The van der Waals surface area contributed by atoms with E-state index in [1.54, 1.807) is 0 Å². The fourth-order valence-corrected chi connectivity index (χ4v) is 1.89. The Kier molecular flexibility index (Phi) is 3.54. The van der Waals surface area contributed by atoms with Gasteiger partial charge in [0.2, 0.25) is 0 Å². The van der Waals surface area contributed by atoms with Crippen molar-refractivity contribution in [2.24, 2.45) is 0 Å². The number of rotatable bonds is 4. The van der Waals surface area contributed by atoms with E-state index in [0.717, 1.165) is 16.3 Å². The molecule has 0 unspecified atom stereocenters. The molecule has 0 heterocycles. The molecule has 2 aromatic rings. The van der Waals surface area contributed by atoms with Crippen molar-refractivity contribution in [3.05, 3.63) is 54.6 Å². The lowest BCUT2D eigenvalue weighted by Gasteiger charge is -2.15. The van der Waals surface area contributed by atoms with Crippen LogP contribution in [0.1, 0.15) is 5.56 Å². The van der Waals surface area contributed by atoms with E-state index in [4.69, 9.17) is 10.4 Å². The van der Waals surface area contributed by atoms with Gasteiger partial charge in [-0.2, -0.15) is 0 Å². The van der Waals surface area contributed by atoms with Gasteiger partial charge in [-0.1, -0.05) is 49.0 Å². The van der Waals surface area contributed by atoms with Crippen molar-refractivity contribution in [1.82, 2.24) is 0 Å². The molecule has 0 fully saturated rings. The average molecular weight is 230 g/mol. The summed E-state index contributed by atoms with van der Waals surface area (Å²) in [6.45, 7) is 3.57. The first kappa shape index (κ1) is 11.8. The fraction of sp³-hybridized carbons (Fsp3) is 0.143. The highest BCUT2D eigenvalue weighted by molar-refractivity contribution is 5.94. The van der Waals surface area contributed by atoms with E-state index < -0.39 is 6.10 Å². The fourth-order valence-electron chi connectivity index (χ4n) is 1.89. The summed E-state index contributed by atoms with van der Waals surface area (Å²) in [6.07, 6.45) is -0.791. The van der Waals surface area contributed by atoms with Crippen LogP contribution in [0.25, 0.3) is 16.3 Å². The van der Waals surface area contributed by atoms with Crippen molar-refractivity contribution < 1.29 is 15.3 Å². The Balaban J connectivity index is 2.52. The van der Waals surface area contributed by atoms with Crippen LogP contribution >= 0.6 is 0 Å². The number of aliphatic hydroxyl groups excluding tert-OH is 1. The van der Waals surface area contributed by atoms with E-state index in [2.05, 4.69) is 11.5 Å². The van der Waals surface area contributed by atoms with Gasteiger partial charge in [0.1, 0.15) is 6.10 Å². The predicted molar refractivity (Wildman–Crippen MR) is 67.6 cm³/mol. The highest BCUT2D eigenvalue weighted by Gasteiger charge is 2.15. The summed E-state index contributed by atoms with van der Waals surface area (Å²) in [5, 5.41) is 19.9. The smallest absolute Gasteiger partial charge is 0.141 e. The first-order chi connectivity index (χ1) is 8.27. The molecule has 0 saturated carbocycles. The molecule has 0 bridgehead atoms. The molecular formula is C14H14O3. The summed E-state index contributed by atoms with van der Waals surface area (Å²) in [5.74, 6) is 0. The van der Waals surface area contributed by atoms with Gasteiger partial charge in [0.15, 0.2) is 0 Å². The van der Waals surface area contributed by atoms with Crippen LogP contribution in [0.3, 0.4) is 0 Å². The molecule has 17 heavy (non-hydrogen) atoms. The molecule has 3 nitrogen and oxygen atoms in total. The molecule has 0 aliphatic rings. The van der Waals surface area contributed by atoms with Crippen LogP contribution in [0.5, 0.6) is 0 Å². The molecule has 0 radical (unpaired) electrons. The van der Waals surface area contributed by atoms with Gasteiger partial charge in [0.25, 0.3) is 0 Å². The number of hydrogen-bond donors (Lipinski definition) is 2. The van der Waals surface area contributed by atoms with E-state index in [1.165, 1.54) is 0 Å². The lowest BCUT2D eigenvalue weighted by atomic mass is 9.96. The van der Waals surface area contributed by atoms with E-state index in [1.807, 2.05) is 42.5 Å². The van der Waals surface area contributed by atoms with Crippen molar-refractivity contribution in [2.75, 3.05) is 6.61 Å². The van der Waals surface area contributed by atoms with Crippen LogP contribution < -0.4 is 0 Å². The maximum absolute atomic E-state index is 9.08. The Labute approximate surface area is 99.5 Å². The Morgan fingerprint density at radius 3 is 2.59 bits per heavy atom. The normalized spacial score (nSPS) is 12.6. The molecule has 0 saturated heterocycles. The van der Waals surface area contributed by atoms with Crippen molar-refractivity contribution in [3.63, 3.8) is 0 Å². The van der Waals surface area contributed by atoms with Gasteiger partial charge in [-0.25, -0.2) is 4.89 Å². The van der Waals surface area contributed by atoms with Gasteiger partial charge in [0, 0.05) is 0 Å². The largest absolute Gasteiger partial charge is 0.393 e. The molecule has 0 aliphatic heterocycles.